The van der Waals surface area contributed by atoms with Gasteiger partial charge in [0.15, 0.2) is 5.76 Å². The number of carbonyl (C=O) groups is 1. The van der Waals surface area contributed by atoms with Gasteiger partial charge in [-0.1, -0.05) is 6.92 Å². The minimum atomic E-state index is -3.53. The third kappa shape index (κ3) is 3.57. The lowest BCUT2D eigenvalue weighted by Gasteiger charge is -2.29. The first-order chi connectivity index (χ1) is 13.4. The molecule has 1 amide bonds. The number of furan rings is 1. The molecule has 0 saturated carbocycles. The van der Waals surface area contributed by atoms with E-state index in [4.69, 9.17) is 4.42 Å². The quantitative estimate of drug-likeness (QED) is 0.759. The fraction of sp³-hybridized carbons (Fsp3) is 0.550. The van der Waals surface area contributed by atoms with E-state index in [2.05, 4.69) is 6.92 Å². The second kappa shape index (κ2) is 7.72. The largest absolute Gasteiger partial charge is 0.451 e. The minimum Gasteiger partial charge on any atom is -0.451 e. The van der Waals surface area contributed by atoms with E-state index in [-0.39, 0.29) is 10.8 Å². The van der Waals surface area contributed by atoms with Gasteiger partial charge in [-0.2, -0.15) is 16.1 Å². The molecule has 3 heterocycles. The van der Waals surface area contributed by atoms with Gasteiger partial charge in [0.2, 0.25) is 10.0 Å². The smallest absolute Gasteiger partial charge is 0.289 e. The van der Waals surface area contributed by atoms with Crippen molar-refractivity contribution in [3.63, 3.8) is 0 Å². The zero-order chi connectivity index (χ0) is 19.9. The summed E-state index contributed by atoms with van der Waals surface area (Å²) in [6.07, 6.45) is 1.78. The van der Waals surface area contributed by atoms with Crippen LogP contribution in [0.1, 0.15) is 35.9 Å². The van der Waals surface area contributed by atoms with Crippen molar-refractivity contribution in [2.24, 2.45) is 5.92 Å². The highest BCUT2D eigenvalue weighted by Gasteiger charge is 2.30. The first-order valence-electron chi connectivity index (χ1n) is 9.78. The molecule has 152 valence electrons. The number of nitrogens with zero attached hydrogens (tertiary/aromatic N) is 2. The standard InChI is InChI=1S/C20H26N2O4S2/c1-14-5-7-22(8-6-14)28(24,25)16-3-4-18-17(13-16)15(2)19(26-18)20(23)21-9-11-27-12-10-21/h3-4,13-14H,5-12H2,1-2H3. The SMILES string of the molecule is Cc1c(C(=O)N2CCSCC2)oc2ccc(S(=O)(=O)N3CCC(C)CC3)cc12. The maximum atomic E-state index is 13.1. The van der Waals surface area contributed by atoms with Crippen LogP contribution in [0, 0.1) is 12.8 Å². The van der Waals surface area contributed by atoms with Gasteiger partial charge in [0.1, 0.15) is 5.58 Å². The Balaban J connectivity index is 1.66. The third-order valence-corrected chi connectivity index (χ3v) is 8.62. The van der Waals surface area contributed by atoms with Crippen LogP contribution >= 0.6 is 11.8 Å². The normalized spacial score (nSPS) is 20.0. The number of sulfonamides is 1. The number of thioether (sulfide) groups is 1. The fourth-order valence-corrected chi connectivity index (χ4v) is 6.25. The summed E-state index contributed by atoms with van der Waals surface area (Å²) in [4.78, 5) is 14.9. The second-order valence-corrected chi connectivity index (χ2v) is 10.9. The second-order valence-electron chi connectivity index (χ2n) is 7.71. The number of carbonyl (C=O) groups excluding carboxylic acids is 1. The lowest BCUT2D eigenvalue weighted by molar-refractivity contribution is 0.0742. The van der Waals surface area contributed by atoms with Crippen LogP contribution in [0.2, 0.25) is 0 Å². The molecule has 0 bridgehead atoms. The van der Waals surface area contributed by atoms with Crippen LogP contribution in [0.25, 0.3) is 11.0 Å². The molecule has 1 aromatic carbocycles. The van der Waals surface area contributed by atoms with E-state index < -0.39 is 10.0 Å². The molecule has 0 aliphatic carbocycles. The molecule has 0 N–H and O–H groups in total. The molecule has 0 spiro atoms. The molecule has 6 nitrogen and oxygen atoms in total. The summed E-state index contributed by atoms with van der Waals surface area (Å²) < 4.78 is 33.5. The Labute approximate surface area is 170 Å². The maximum Gasteiger partial charge on any atom is 0.289 e. The van der Waals surface area contributed by atoms with Crippen molar-refractivity contribution in [1.82, 2.24) is 9.21 Å². The molecule has 0 unspecified atom stereocenters. The van der Waals surface area contributed by atoms with Gasteiger partial charge in [0, 0.05) is 48.6 Å². The lowest BCUT2D eigenvalue weighted by Crippen LogP contribution is -2.38. The number of aryl methyl sites for hydroxylation is 1. The Morgan fingerprint density at radius 3 is 2.50 bits per heavy atom. The summed E-state index contributed by atoms with van der Waals surface area (Å²) in [5, 5.41) is 0.696. The van der Waals surface area contributed by atoms with E-state index in [1.165, 1.54) is 0 Å². The molecule has 28 heavy (non-hydrogen) atoms. The van der Waals surface area contributed by atoms with Crippen molar-refractivity contribution in [3.05, 3.63) is 29.5 Å². The molecule has 2 aliphatic heterocycles. The van der Waals surface area contributed by atoms with Gasteiger partial charge >= 0.3 is 0 Å². The summed E-state index contributed by atoms with van der Waals surface area (Å²) in [6.45, 7) is 6.53. The molecule has 4 rings (SSSR count). The van der Waals surface area contributed by atoms with Crippen LogP contribution in [0.4, 0.5) is 0 Å². The minimum absolute atomic E-state index is 0.108. The van der Waals surface area contributed by atoms with E-state index in [1.807, 2.05) is 23.6 Å². The van der Waals surface area contributed by atoms with Crippen molar-refractivity contribution >= 4 is 38.7 Å². The Hall–Kier alpha value is -1.51. The van der Waals surface area contributed by atoms with Crippen LogP contribution < -0.4 is 0 Å². The first-order valence-corrected chi connectivity index (χ1v) is 12.4. The van der Waals surface area contributed by atoms with Crippen molar-refractivity contribution in [3.8, 4) is 0 Å². The summed E-state index contributed by atoms with van der Waals surface area (Å²) in [5.74, 6) is 2.64. The lowest BCUT2D eigenvalue weighted by atomic mass is 10.0. The monoisotopic (exact) mass is 422 g/mol. The highest BCUT2D eigenvalue weighted by molar-refractivity contribution is 7.99. The number of piperidine rings is 1. The van der Waals surface area contributed by atoms with Gasteiger partial charge in [-0.15, -0.1) is 0 Å². The molecule has 2 fully saturated rings. The number of hydrogen-bond acceptors (Lipinski definition) is 5. The van der Waals surface area contributed by atoms with E-state index in [9.17, 15) is 13.2 Å². The Kier molecular flexibility index (Phi) is 5.46. The summed E-state index contributed by atoms with van der Waals surface area (Å²) >= 11 is 1.84. The molecule has 2 aliphatic rings. The van der Waals surface area contributed by atoms with E-state index in [0.29, 0.717) is 54.4 Å². The van der Waals surface area contributed by atoms with Gasteiger partial charge in [0.25, 0.3) is 5.91 Å². The highest BCUT2D eigenvalue weighted by Crippen LogP contribution is 2.31. The molecule has 2 saturated heterocycles. The third-order valence-electron chi connectivity index (χ3n) is 5.78. The van der Waals surface area contributed by atoms with Gasteiger partial charge in [-0.05, 0) is 43.9 Å². The maximum absolute atomic E-state index is 13.1. The Morgan fingerprint density at radius 1 is 1.14 bits per heavy atom. The van der Waals surface area contributed by atoms with Gasteiger partial charge in [0.05, 0.1) is 4.90 Å². The van der Waals surface area contributed by atoms with Crippen molar-refractivity contribution in [1.29, 1.82) is 0 Å². The van der Waals surface area contributed by atoms with Gasteiger partial charge < -0.3 is 9.32 Å². The van der Waals surface area contributed by atoms with Crippen LogP contribution in [0.3, 0.4) is 0 Å². The van der Waals surface area contributed by atoms with E-state index in [1.54, 1.807) is 22.5 Å². The summed E-state index contributed by atoms with van der Waals surface area (Å²) in [7, 11) is -3.53. The number of benzene rings is 1. The predicted octanol–water partition coefficient (Wildman–Crippen LogP) is 3.35. The number of rotatable bonds is 3. The number of amides is 1. The number of hydrogen-bond donors (Lipinski definition) is 0. The van der Waals surface area contributed by atoms with Crippen LogP contribution in [-0.4, -0.2) is 61.2 Å². The van der Waals surface area contributed by atoms with Gasteiger partial charge in [-0.3, -0.25) is 4.79 Å². The molecular formula is C20H26N2O4S2. The van der Waals surface area contributed by atoms with Gasteiger partial charge in [-0.25, -0.2) is 8.42 Å². The molecule has 1 aromatic heterocycles. The molecular weight excluding hydrogens is 396 g/mol. The van der Waals surface area contributed by atoms with E-state index >= 15 is 0 Å². The predicted molar refractivity (Wildman–Crippen MR) is 111 cm³/mol. The van der Waals surface area contributed by atoms with Crippen molar-refractivity contribution < 1.29 is 17.6 Å². The number of fused-ring (bicyclic) bond motifs is 1. The Morgan fingerprint density at radius 2 is 1.82 bits per heavy atom. The average molecular weight is 423 g/mol. The fourth-order valence-electron chi connectivity index (χ4n) is 3.85. The molecule has 8 heteroatoms. The molecule has 0 atom stereocenters. The topological polar surface area (TPSA) is 70.8 Å². The zero-order valence-electron chi connectivity index (χ0n) is 16.3. The van der Waals surface area contributed by atoms with Crippen LogP contribution in [0.15, 0.2) is 27.5 Å². The van der Waals surface area contributed by atoms with Crippen LogP contribution in [0.5, 0.6) is 0 Å². The summed E-state index contributed by atoms with van der Waals surface area (Å²) in [5.41, 5.74) is 1.26. The van der Waals surface area contributed by atoms with Crippen molar-refractivity contribution in [2.45, 2.75) is 31.6 Å². The van der Waals surface area contributed by atoms with Crippen LogP contribution in [-0.2, 0) is 10.0 Å². The molecule has 0 radical (unpaired) electrons. The Bertz CT molecular complexity index is 985. The van der Waals surface area contributed by atoms with E-state index in [0.717, 1.165) is 24.3 Å². The summed E-state index contributed by atoms with van der Waals surface area (Å²) in [6, 6.07) is 4.92. The van der Waals surface area contributed by atoms with Crippen molar-refractivity contribution in [2.75, 3.05) is 37.7 Å². The molecule has 2 aromatic rings. The zero-order valence-corrected chi connectivity index (χ0v) is 17.9. The average Bonchev–Trinajstić information content (AvgIpc) is 3.04. The highest BCUT2D eigenvalue weighted by atomic mass is 32.2. The first kappa shape index (κ1) is 19.8.